The Morgan fingerprint density at radius 2 is 1.96 bits per heavy atom. The lowest BCUT2D eigenvalue weighted by Crippen LogP contribution is -2.54. The quantitative estimate of drug-likeness (QED) is 0.296. The average Bonchev–Trinajstić information content (AvgIpc) is 3.02. The van der Waals surface area contributed by atoms with Gasteiger partial charge in [0.2, 0.25) is 11.8 Å². The van der Waals surface area contributed by atoms with Gasteiger partial charge in [0.05, 0.1) is 52.9 Å². The van der Waals surface area contributed by atoms with Crippen LogP contribution < -0.4 is 16.0 Å². The number of rotatable bonds is 2. The standard InChI is InChI=1S/C32H31ClFN5O6/c1-44-30(42)35-18-10-11-19-22-7-4-8-23(36-22)20(6-2-3-9-26(40)37-25(19)16-18)29(41)39-15-5-14-32(17-39)27-24(38-31(43)45-32)13-12-21(33)28(27)34/h4,7-8,10-13,16,20H,2-3,5-6,9,14-15,17H2,1H3,(H,35,42)(H,37,40)(H,38,43)/t20?,32-/m0/s1. The molecule has 2 aromatic carbocycles. The molecule has 3 aromatic rings. The molecule has 1 saturated heterocycles. The smallest absolute Gasteiger partial charge is 0.412 e. The molecule has 1 spiro atoms. The van der Waals surface area contributed by atoms with Crippen LogP contribution in [-0.2, 0) is 24.7 Å². The Labute approximate surface area is 263 Å². The minimum Gasteiger partial charge on any atom is -0.453 e. The van der Waals surface area contributed by atoms with Gasteiger partial charge in [0.15, 0.2) is 11.4 Å². The second-order valence-corrected chi connectivity index (χ2v) is 11.7. The average molecular weight is 636 g/mol. The van der Waals surface area contributed by atoms with Crippen molar-refractivity contribution >= 4 is 52.7 Å². The number of nitrogens with one attached hydrogen (secondary N) is 3. The molecule has 0 radical (unpaired) electrons. The molecule has 234 valence electrons. The second kappa shape index (κ2) is 12.4. The predicted molar refractivity (Wildman–Crippen MR) is 165 cm³/mol. The van der Waals surface area contributed by atoms with Crippen LogP contribution in [0.4, 0.5) is 31.0 Å². The summed E-state index contributed by atoms with van der Waals surface area (Å²) >= 11 is 6.13. The number of hydrogen-bond acceptors (Lipinski definition) is 7. The number of halogens is 2. The molecule has 1 aromatic heterocycles. The van der Waals surface area contributed by atoms with E-state index in [9.17, 15) is 19.2 Å². The summed E-state index contributed by atoms with van der Waals surface area (Å²) in [5.74, 6) is -1.79. The van der Waals surface area contributed by atoms with Gasteiger partial charge in [-0.25, -0.2) is 14.0 Å². The summed E-state index contributed by atoms with van der Waals surface area (Å²) in [6, 6.07) is 13.3. The Morgan fingerprint density at radius 1 is 1.11 bits per heavy atom. The van der Waals surface area contributed by atoms with E-state index in [1.165, 1.54) is 19.2 Å². The Balaban J connectivity index is 1.35. The van der Waals surface area contributed by atoms with Gasteiger partial charge in [0.25, 0.3) is 0 Å². The van der Waals surface area contributed by atoms with E-state index in [4.69, 9.17) is 21.3 Å². The van der Waals surface area contributed by atoms with Crippen LogP contribution in [0.15, 0.2) is 48.5 Å². The lowest BCUT2D eigenvalue weighted by molar-refractivity contribution is -0.141. The lowest BCUT2D eigenvalue weighted by atomic mass is 9.82. The molecule has 3 N–H and O–H groups in total. The number of aromatic nitrogens is 1. The third-order valence-corrected chi connectivity index (χ3v) is 8.71. The van der Waals surface area contributed by atoms with Crippen molar-refractivity contribution in [3.05, 3.63) is 70.6 Å². The minimum absolute atomic E-state index is 0.0408. The molecule has 11 nitrogen and oxygen atoms in total. The van der Waals surface area contributed by atoms with Crippen molar-refractivity contribution in [1.82, 2.24) is 9.88 Å². The Kier molecular flexibility index (Phi) is 8.32. The number of fused-ring (bicyclic) bond motifs is 6. The highest BCUT2D eigenvalue weighted by Gasteiger charge is 2.49. The molecule has 4 amide bonds. The molecule has 13 heteroatoms. The van der Waals surface area contributed by atoms with Gasteiger partial charge >= 0.3 is 12.2 Å². The largest absolute Gasteiger partial charge is 0.453 e. The Hall–Kier alpha value is -4.71. The molecule has 0 saturated carbocycles. The number of benzene rings is 2. The lowest BCUT2D eigenvalue weighted by Gasteiger charge is -2.45. The third-order valence-electron chi connectivity index (χ3n) is 8.42. The van der Waals surface area contributed by atoms with Crippen molar-refractivity contribution < 1.29 is 33.0 Å². The maximum absolute atomic E-state index is 15.4. The number of hydrogen-bond donors (Lipinski definition) is 3. The van der Waals surface area contributed by atoms with E-state index in [-0.39, 0.29) is 41.1 Å². The summed E-state index contributed by atoms with van der Waals surface area (Å²) in [6.45, 7) is 0.349. The number of anilines is 3. The summed E-state index contributed by atoms with van der Waals surface area (Å²) in [7, 11) is 1.26. The maximum Gasteiger partial charge on any atom is 0.412 e. The highest BCUT2D eigenvalue weighted by molar-refractivity contribution is 6.31. The zero-order valence-electron chi connectivity index (χ0n) is 24.5. The van der Waals surface area contributed by atoms with E-state index >= 15 is 4.39 Å². The molecule has 1 fully saturated rings. The molecular weight excluding hydrogens is 605 g/mol. The van der Waals surface area contributed by atoms with Crippen molar-refractivity contribution in [2.45, 2.75) is 50.0 Å². The van der Waals surface area contributed by atoms with E-state index < -0.39 is 29.5 Å². The van der Waals surface area contributed by atoms with E-state index in [1.807, 2.05) is 0 Å². The van der Waals surface area contributed by atoms with E-state index in [1.54, 1.807) is 41.3 Å². The van der Waals surface area contributed by atoms with Crippen molar-refractivity contribution in [2.75, 3.05) is 36.1 Å². The van der Waals surface area contributed by atoms with Crippen LogP contribution >= 0.6 is 11.6 Å². The number of pyridine rings is 1. The fourth-order valence-electron chi connectivity index (χ4n) is 6.34. The van der Waals surface area contributed by atoms with Gasteiger partial charge in [-0.2, -0.15) is 0 Å². The molecule has 45 heavy (non-hydrogen) atoms. The summed E-state index contributed by atoms with van der Waals surface area (Å²) in [4.78, 5) is 58.0. The van der Waals surface area contributed by atoms with E-state index in [2.05, 4.69) is 20.7 Å². The van der Waals surface area contributed by atoms with Crippen molar-refractivity contribution in [2.24, 2.45) is 0 Å². The zero-order valence-corrected chi connectivity index (χ0v) is 25.2. The van der Waals surface area contributed by atoms with Crippen LogP contribution in [0.5, 0.6) is 0 Å². The second-order valence-electron chi connectivity index (χ2n) is 11.3. The first-order chi connectivity index (χ1) is 21.7. The molecule has 6 rings (SSSR count). The number of ether oxygens (including phenoxy) is 2. The summed E-state index contributed by atoms with van der Waals surface area (Å²) in [5, 5.41) is 7.97. The van der Waals surface area contributed by atoms with E-state index in [0.29, 0.717) is 67.0 Å². The molecule has 2 atom stereocenters. The first-order valence-corrected chi connectivity index (χ1v) is 15.1. The predicted octanol–water partition coefficient (Wildman–Crippen LogP) is 6.40. The van der Waals surface area contributed by atoms with E-state index in [0.717, 1.165) is 0 Å². The van der Waals surface area contributed by atoms with Crippen molar-refractivity contribution in [3.8, 4) is 11.3 Å². The highest BCUT2D eigenvalue weighted by Crippen LogP contribution is 2.46. The van der Waals surface area contributed by atoms with Crippen LogP contribution in [0.3, 0.4) is 0 Å². The Morgan fingerprint density at radius 3 is 2.78 bits per heavy atom. The molecule has 4 heterocycles. The van der Waals surface area contributed by atoms with Crippen LogP contribution in [-0.4, -0.2) is 54.1 Å². The fraction of sp³-hybridized carbons (Fsp3) is 0.344. The van der Waals surface area contributed by atoms with Gasteiger partial charge in [-0.3, -0.25) is 25.2 Å². The fourth-order valence-corrected chi connectivity index (χ4v) is 6.50. The van der Waals surface area contributed by atoms with Crippen LogP contribution in [0.25, 0.3) is 11.3 Å². The number of amides is 4. The molecule has 0 aliphatic carbocycles. The summed E-state index contributed by atoms with van der Waals surface area (Å²) in [6.07, 6.45) is 1.17. The monoisotopic (exact) mass is 635 g/mol. The van der Waals surface area contributed by atoms with Crippen LogP contribution in [0, 0.1) is 5.82 Å². The molecule has 3 aliphatic heterocycles. The number of nitrogens with zero attached hydrogens (tertiary/aromatic N) is 2. The highest BCUT2D eigenvalue weighted by atomic mass is 35.5. The zero-order chi connectivity index (χ0) is 31.7. The summed E-state index contributed by atoms with van der Waals surface area (Å²) in [5.41, 5.74) is 1.56. The van der Waals surface area contributed by atoms with Crippen molar-refractivity contribution in [3.63, 3.8) is 0 Å². The number of carbonyl (C=O) groups is 4. The van der Waals surface area contributed by atoms with Crippen LogP contribution in [0.1, 0.15) is 55.7 Å². The molecule has 1 unspecified atom stereocenters. The number of likely N-dealkylation sites (tertiary alicyclic amines) is 1. The van der Waals surface area contributed by atoms with Crippen molar-refractivity contribution in [1.29, 1.82) is 0 Å². The molecule has 3 aliphatic rings. The normalized spacial score (nSPS) is 21.1. The first-order valence-electron chi connectivity index (χ1n) is 14.7. The number of methoxy groups -OCH3 is 1. The summed E-state index contributed by atoms with van der Waals surface area (Å²) < 4.78 is 25.9. The maximum atomic E-state index is 15.4. The van der Waals surface area contributed by atoms with Gasteiger partial charge in [0.1, 0.15) is 0 Å². The molecular formula is C32H31ClFN5O6. The third kappa shape index (κ3) is 6.02. The Bertz CT molecular complexity index is 1700. The SMILES string of the molecule is COC(=O)Nc1ccc2c(c1)NC(=O)CCCCC(C(=O)N1CCC[C@@]3(C1)OC(=O)Nc1ccc(Cl)c(F)c13)c1cccc-2n1. The first kappa shape index (κ1) is 30.3. The van der Waals surface area contributed by atoms with Gasteiger partial charge < -0.3 is 19.7 Å². The number of piperidine rings is 1. The molecule has 2 bridgehead atoms. The van der Waals surface area contributed by atoms with Gasteiger partial charge in [-0.15, -0.1) is 0 Å². The number of carbonyl (C=O) groups excluding carboxylic acids is 4. The minimum atomic E-state index is -1.39. The van der Waals surface area contributed by atoms with Gasteiger partial charge in [-0.05, 0) is 68.1 Å². The topological polar surface area (TPSA) is 139 Å². The van der Waals surface area contributed by atoms with Gasteiger partial charge in [-0.1, -0.05) is 24.1 Å². The van der Waals surface area contributed by atoms with Crippen LogP contribution in [0.2, 0.25) is 5.02 Å². The van der Waals surface area contributed by atoms with Gasteiger partial charge in [0, 0.05) is 24.2 Å².